The van der Waals surface area contributed by atoms with Gasteiger partial charge in [0.1, 0.15) is 23.3 Å². The summed E-state index contributed by atoms with van der Waals surface area (Å²) in [6.07, 6.45) is 1.85. The maximum atomic E-state index is 4.72. The highest BCUT2D eigenvalue weighted by Gasteiger charge is 2.23. The molecule has 0 atom stereocenters. The van der Waals surface area contributed by atoms with Gasteiger partial charge < -0.3 is 9.80 Å². The lowest BCUT2D eigenvalue weighted by molar-refractivity contribution is 0.639. The molecule has 10 nitrogen and oxygen atoms in total. The first-order valence-corrected chi connectivity index (χ1v) is 10.4. The molecule has 4 aromatic rings. The molecular weight excluding hydrogens is 392 g/mol. The summed E-state index contributed by atoms with van der Waals surface area (Å²) < 4.78 is 3.68. The van der Waals surface area contributed by atoms with E-state index in [0.717, 1.165) is 77.7 Å². The molecule has 0 N–H and O–H groups in total. The van der Waals surface area contributed by atoms with Crippen molar-refractivity contribution in [3.05, 3.63) is 41.4 Å². The maximum Gasteiger partial charge on any atom is 0.163 e. The number of fused-ring (bicyclic) bond motifs is 1. The highest BCUT2D eigenvalue weighted by molar-refractivity contribution is 5.87. The number of anilines is 2. The Morgan fingerprint density at radius 3 is 2.16 bits per heavy atom. The lowest BCUT2D eigenvalue weighted by atomic mass is 10.2. The van der Waals surface area contributed by atoms with Crippen molar-refractivity contribution >= 4 is 22.7 Å². The topological polar surface area (TPSA) is 93.7 Å². The molecule has 5 rings (SSSR count). The molecule has 160 valence electrons. The van der Waals surface area contributed by atoms with E-state index in [0.29, 0.717) is 0 Å². The van der Waals surface area contributed by atoms with Gasteiger partial charge in [0, 0.05) is 45.0 Å². The third-order valence-electron chi connectivity index (χ3n) is 5.62. The number of hydrogen-bond acceptors (Lipinski definition) is 8. The van der Waals surface area contributed by atoms with Crippen LogP contribution in [0.2, 0.25) is 0 Å². The van der Waals surface area contributed by atoms with E-state index in [4.69, 9.17) is 9.97 Å². The summed E-state index contributed by atoms with van der Waals surface area (Å²) in [5.74, 6) is 4.19. The van der Waals surface area contributed by atoms with Crippen LogP contribution in [0.1, 0.15) is 23.0 Å². The largest absolute Gasteiger partial charge is 0.353 e. The molecule has 0 radical (unpaired) electrons. The Kier molecular flexibility index (Phi) is 4.57. The van der Waals surface area contributed by atoms with Gasteiger partial charge in [0.15, 0.2) is 11.5 Å². The van der Waals surface area contributed by atoms with Crippen LogP contribution in [-0.2, 0) is 7.05 Å². The maximum absolute atomic E-state index is 4.72. The standard InChI is InChI=1S/C21H26N10/c1-13-10-14(2)31(27-13)19-11-18(23-15(3)24-19)29-6-8-30(9-7-29)21-17-12-22-28(5)20(17)25-16(4)26-21/h10-12H,6-9H2,1-5H3. The molecule has 1 saturated heterocycles. The third-order valence-corrected chi connectivity index (χ3v) is 5.62. The van der Waals surface area contributed by atoms with Gasteiger partial charge in [-0.15, -0.1) is 0 Å². The smallest absolute Gasteiger partial charge is 0.163 e. The highest BCUT2D eigenvalue weighted by Crippen LogP contribution is 2.26. The van der Waals surface area contributed by atoms with Crippen LogP contribution in [-0.4, -0.2) is 65.7 Å². The molecule has 31 heavy (non-hydrogen) atoms. The molecule has 0 aliphatic carbocycles. The Morgan fingerprint density at radius 2 is 1.45 bits per heavy atom. The minimum Gasteiger partial charge on any atom is -0.353 e. The first kappa shape index (κ1) is 19.4. The summed E-state index contributed by atoms with van der Waals surface area (Å²) in [6, 6.07) is 4.08. The van der Waals surface area contributed by atoms with E-state index in [1.54, 1.807) is 4.68 Å². The summed E-state index contributed by atoms with van der Waals surface area (Å²) in [5.41, 5.74) is 2.91. The number of aromatic nitrogens is 8. The number of nitrogens with zero attached hydrogens (tertiary/aromatic N) is 10. The zero-order chi connectivity index (χ0) is 21.7. The van der Waals surface area contributed by atoms with Crippen molar-refractivity contribution in [2.75, 3.05) is 36.0 Å². The van der Waals surface area contributed by atoms with E-state index >= 15 is 0 Å². The van der Waals surface area contributed by atoms with Crippen LogP contribution in [0.4, 0.5) is 11.6 Å². The number of rotatable bonds is 3. The fourth-order valence-corrected chi connectivity index (χ4v) is 4.17. The Morgan fingerprint density at radius 1 is 0.774 bits per heavy atom. The van der Waals surface area contributed by atoms with E-state index < -0.39 is 0 Å². The van der Waals surface area contributed by atoms with Gasteiger partial charge in [0.25, 0.3) is 0 Å². The minimum absolute atomic E-state index is 0.742. The summed E-state index contributed by atoms with van der Waals surface area (Å²) in [5, 5.41) is 9.93. The molecule has 0 bridgehead atoms. The van der Waals surface area contributed by atoms with Crippen molar-refractivity contribution in [2.45, 2.75) is 27.7 Å². The molecule has 1 fully saturated rings. The molecule has 1 aliphatic heterocycles. The molecule has 4 aromatic heterocycles. The molecule has 5 heterocycles. The summed E-state index contributed by atoms with van der Waals surface area (Å²) in [6.45, 7) is 11.3. The lowest BCUT2D eigenvalue weighted by Gasteiger charge is -2.36. The predicted octanol–water partition coefficient (Wildman–Crippen LogP) is 1.90. The zero-order valence-electron chi connectivity index (χ0n) is 18.5. The molecule has 10 heteroatoms. The Labute approximate surface area is 180 Å². The van der Waals surface area contributed by atoms with Crippen molar-refractivity contribution in [3.8, 4) is 5.82 Å². The van der Waals surface area contributed by atoms with Gasteiger partial charge >= 0.3 is 0 Å². The SMILES string of the molecule is Cc1cc(C)n(-c2cc(N3CCN(c4nc(C)nc5c4cnn5C)CC3)nc(C)n2)n1. The predicted molar refractivity (Wildman–Crippen MR) is 119 cm³/mol. The van der Waals surface area contributed by atoms with E-state index in [2.05, 4.69) is 36.0 Å². The zero-order valence-corrected chi connectivity index (χ0v) is 18.5. The van der Waals surface area contributed by atoms with Crippen LogP contribution in [0.15, 0.2) is 18.3 Å². The normalized spacial score (nSPS) is 14.6. The van der Waals surface area contributed by atoms with Crippen molar-refractivity contribution < 1.29 is 0 Å². The van der Waals surface area contributed by atoms with Crippen LogP contribution in [0, 0.1) is 27.7 Å². The number of hydrogen-bond donors (Lipinski definition) is 0. The molecular formula is C21H26N10. The van der Waals surface area contributed by atoms with Crippen molar-refractivity contribution in [1.29, 1.82) is 0 Å². The molecule has 0 aromatic carbocycles. The van der Waals surface area contributed by atoms with Crippen molar-refractivity contribution in [3.63, 3.8) is 0 Å². The van der Waals surface area contributed by atoms with Crippen molar-refractivity contribution in [2.24, 2.45) is 7.05 Å². The van der Waals surface area contributed by atoms with E-state index in [-0.39, 0.29) is 0 Å². The van der Waals surface area contributed by atoms with Crippen LogP contribution < -0.4 is 9.80 Å². The van der Waals surface area contributed by atoms with E-state index in [1.807, 2.05) is 51.7 Å². The Balaban J connectivity index is 1.40. The fraction of sp³-hybridized carbons (Fsp3) is 0.429. The lowest BCUT2D eigenvalue weighted by Crippen LogP contribution is -2.47. The monoisotopic (exact) mass is 418 g/mol. The first-order chi connectivity index (χ1) is 14.9. The van der Waals surface area contributed by atoms with Gasteiger partial charge in [-0.2, -0.15) is 10.2 Å². The minimum atomic E-state index is 0.742. The number of piperazine rings is 1. The first-order valence-electron chi connectivity index (χ1n) is 10.4. The molecule has 0 amide bonds. The number of aryl methyl sites for hydroxylation is 5. The van der Waals surface area contributed by atoms with E-state index in [1.165, 1.54) is 0 Å². The van der Waals surface area contributed by atoms with Gasteiger partial charge in [0.05, 0.1) is 17.3 Å². The quantitative estimate of drug-likeness (QED) is 0.498. The second kappa shape index (κ2) is 7.29. The van der Waals surface area contributed by atoms with Gasteiger partial charge in [-0.25, -0.2) is 24.6 Å². The average Bonchev–Trinajstić information content (AvgIpc) is 3.28. The Hall–Kier alpha value is -3.56. The molecule has 0 saturated carbocycles. The van der Waals surface area contributed by atoms with Crippen LogP contribution in [0.5, 0.6) is 0 Å². The van der Waals surface area contributed by atoms with Crippen LogP contribution in [0.25, 0.3) is 16.9 Å². The molecule has 0 spiro atoms. The fourth-order valence-electron chi connectivity index (χ4n) is 4.17. The average molecular weight is 419 g/mol. The second-order valence-electron chi connectivity index (χ2n) is 8.04. The summed E-state index contributed by atoms with van der Waals surface area (Å²) in [4.78, 5) is 23.2. The Bertz CT molecular complexity index is 1260. The third kappa shape index (κ3) is 3.47. The summed E-state index contributed by atoms with van der Waals surface area (Å²) >= 11 is 0. The second-order valence-corrected chi connectivity index (χ2v) is 8.04. The van der Waals surface area contributed by atoms with Gasteiger partial charge in [-0.05, 0) is 33.8 Å². The molecule has 1 aliphatic rings. The van der Waals surface area contributed by atoms with Crippen LogP contribution >= 0.6 is 0 Å². The van der Waals surface area contributed by atoms with Crippen molar-refractivity contribution in [1.82, 2.24) is 39.5 Å². The van der Waals surface area contributed by atoms with Gasteiger partial charge in [0.2, 0.25) is 0 Å². The highest BCUT2D eigenvalue weighted by atomic mass is 15.4. The van der Waals surface area contributed by atoms with E-state index in [9.17, 15) is 0 Å². The van der Waals surface area contributed by atoms with Gasteiger partial charge in [-0.1, -0.05) is 0 Å². The van der Waals surface area contributed by atoms with Gasteiger partial charge in [-0.3, -0.25) is 4.68 Å². The summed E-state index contributed by atoms with van der Waals surface area (Å²) in [7, 11) is 1.91. The van der Waals surface area contributed by atoms with Crippen LogP contribution in [0.3, 0.4) is 0 Å². The molecule has 0 unspecified atom stereocenters.